The van der Waals surface area contributed by atoms with Crippen LogP contribution < -0.4 is 14.8 Å². The third kappa shape index (κ3) is 10.1. The number of halogens is 3. The number of hydrogen-bond acceptors (Lipinski definition) is 6. The third-order valence-corrected chi connectivity index (χ3v) is 9.88. The Bertz CT molecular complexity index is 2110. The Hall–Kier alpha value is -5.06. The standard InChI is InChI=1S/C42H36Cl3N3O5S/c1-4-7-18-31(5-2)48-41(51)32(21-28-23-35(45)39(36(24-28)52-6-3)53-25-27-19-20-33(43)34(44)22-27)40(50)47-42(48)54-26-37(49)46-38(29-14-10-8-11-15-29)30-16-12-9-13-17-30/h4-5,7-24,38H,1,6,25-26H2,2-3H3,(H,46,49)/b18-7-,31-5+,32-21+. The van der Waals surface area contributed by atoms with Gasteiger partial charge in [0.1, 0.15) is 12.2 Å². The number of benzene rings is 4. The van der Waals surface area contributed by atoms with Gasteiger partial charge in [0.2, 0.25) is 5.91 Å². The second-order valence-electron chi connectivity index (χ2n) is 11.6. The van der Waals surface area contributed by atoms with Crippen molar-refractivity contribution in [2.24, 2.45) is 4.99 Å². The van der Waals surface area contributed by atoms with E-state index >= 15 is 0 Å². The van der Waals surface area contributed by atoms with Gasteiger partial charge in [0.25, 0.3) is 11.8 Å². The van der Waals surface area contributed by atoms with Gasteiger partial charge in [-0.1, -0.05) is 138 Å². The summed E-state index contributed by atoms with van der Waals surface area (Å²) in [4.78, 5) is 46.8. The zero-order chi connectivity index (χ0) is 38.6. The Morgan fingerprint density at radius 1 is 0.926 bits per heavy atom. The maximum Gasteiger partial charge on any atom is 0.285 e. The molecule has 0 unspecified atom stereocenters. The van der Waals surface area contributed by atoms with Crippen LogP contribution in [-0.4, -0.2) is 40.1 Å². The van der Waals surface area contributed by atoms with Crippen molar-refractivity contribution in [2.75, 3.05) is 12.4 Å². The summed E-state index contributed by atoms with van der Waals surface area (Å²) in [5, 5.41) is 4.15. The molecule has 0 spiro atoms. The summed E-state index contributed by atoms with van der Waals surface area (Å²) in [6.07, 6.45) is 7.99. The highest BCUT2D eigenvalue weighted by Crippen LogP contribution is 2.39. The molecule has 3 amide bonds. The first-order valence-electron chi connectivity index (χ1n) is 16.8. The lowest BCUT2D eigenvalue weighted by molar-refractivity contribution is -0.126. The van der Waals surface area contributed by atoms with Gasteiger partial charge in [-0.25, -0.2) is 0 Å². The number of carbonyl (C=O) groups is 3. The van der Waals surface area contributed by atoms with E-state index in [1.807, 2.05) is 60.7 Å². The molecule has 0 atom stereocenters. The van der Waals surface area contributed by atoms with Crippen molar-refractivity contribution >= 4 is 75.5 Å². The second kappa shape index (κ2) is 19.3. The van der Waals surface area contributed by atoms with Crippen molar-refractivity contribution in [3.63, 3.8) is 0 Å². The minimum absolute atomic E-state index is 0.0502. The number of amides is 3. The smallest absolute Gasteiger partial charge is 0.285 e. The Balaban J connectivity index is 1.42. The van der Waals surface area contributed by atoms with E-state index in [4.69, 9.17) is 44.3 Å². The maximum absolute atomic E-state index is 14.2. The van der Waals surface area contributed by atoms with Crippen LogP contribution in [0.25, 0.3) is 6.08 Å². The molecule has 0 saturated heterocycles. The molecule has 0 saturated carbocycles. The number of rotatable bonds is 14. The second-order valence-corrected chi connectivity index (χ2v) is 13.8. The van der Waals surface area contributed by atoms with Crippen LogP contribution in [0.3, 0.4) is 0 Å². The van der Waals surface area contributed by atoms with Gasteiger partial charge in [0.15, 0.2) is 16.7 Å². The molecule has 0 radical (unpaired) electrons. The zero-order valence-electron chi connectivity index (χ0n) is 29.4. The van der Waals surface area contributed by atoms with Gasteiger partial charge in [-0.05, 0) is 72.5 Å². The van der Waals surface area contributed by atoms with Gasteiger partial charge < -0.3 is 14.8 Å². The highest BCUT2D eigenvalue weighted by atomic mass is 35.5. The average Bonchev–Trinajstić information content (AvgIpc) is 3.17. The summed E-state index contributed by atoms with van der Waals surface area (Å²) in [7, 11) is 0. The van der Waals surface area contributed by atoms with Gasteiger partial charge in [0.05, 0.1) is 33.5 Å². The molecule has 0 bridgehead atoms. The van der Waals surface area contributed by atoms with Gasteiger partial charge in [-0.15, -0.1) is 0 Å². The summed E-state index contributed by atoms with van der Waals surface area (Å²) in [6, 6.07) is 27.1. The van der Waals surface area contributed by atoms with Crippen molar-refractivity contribution < 1.29 is 23.9 Å². The first-order chi connectivity index (χ1) is 26.1. The van der Waals surface area contributed by atoms with Crippen molar-refractivity contribution in [1.29, 1.82) is 0 Å². The number of carbonyl (C=O) groups excluding carboxylic acids is 3. The van der Waals surface area contributed by atoms with Crippen LogP contribution >= 0.6 is 46.6 Å². The van der Waals surface area contributed by atoms with E-state index in [0.717, 1.165) is 28.5 Å². The van der Waals surface area contributed by atoms with Crippen LogP contribution in [0.4, 0.5) is 0 Å². The molecule has 1 N–H and O–H groups in total. The number of aliphatic imine (C=N–C) groups is 1. The third-order valence-electron chi connectivity index (χ3n) is 7.92. The van der Waals surface area contributed by atoms with Crippen molar-refractivity contribution in [3.05, 3.63) is 170 Å². The summed E-state index contributed by atoms with van der Waals surface area (Å²) < 4.78 is 11.9. The van der Waals surface area contributed by atoms with Crippen molar-refractivity contribution in [3.8, 4) is 11.5 Å². The molecule has 0 fully saturated rings. The van der Waals surface area contributed by atoms with Crippen LogP contribution in [0, 0.1) is 0 Å². The first-order valence-corrected chi connectivity index (χ1v) is 18.9. The predicted molar refractivity (Wildman–Crippen MR) is 219 cm³/mol. The minimum Gasteiger partial charge on any atom is -0.490 e. The summed E-state index contributed by atoms with van der Waals surface area (Å²) in [5.41, 5.74) is 3.19. The molecular formula is C42H36Cl3N3O5S. The van der Waals surface area contributed by atoms with E-state index in [0.29, 0.717) is 33.7 Å². The fraction of sp³-hybridized carbons (Fsp3) is 0.143. The number of thioether (sulfide) groups is 1. The largest absolute Gasteiger partial charge is 0.490 e. The number of hydrogen-bond donors (Lipinski definition) is 1. The minimum atomic E-state index is -0.775. The summed E-state index contributed by atoms with van der Waals surface area (Å²) in [6.45, 7) is 7.70. The molecule has 1 aliphatic rings. The summed E-state index contributed by atoms with van der Waals surface area (Å²) in [5.74, 6) is -1.27. The van der Waals surface area contributed by atoms with Crippen LogP contribution in [0.5, 0.6) is 11.5 Å². The van der Waals surface area contributed by atoms with Crippen molar-refractivity contribution in [2.45, 2.75) is 26.5 Å². The SMILES string of the molecule is C=C/C=C\C(=C/C)N1C(=O)/C(=C/c2cc(Cl)c(OCc3ccc(Cl)c(Cl)c3)c(OCC)c2)C(=O)N=C1SCC(=O)NC(c1ccccc1)c1ccccc1. The van der Waals surface area contributed by atoms with E-state index in [1.54, 1.807) is 68.5 Å². The quantitative estimate of drug-likeness (QED) is 0.0775. The Kier molecular flexibility index (Phi) is 14.4. The van der Waals surface area contributed by atoms with E-state index in [-0.39, 0.29) is 39.8 Å². The monoisotopic (exact) mass is 799 g/mol. The van der Waals surface area contributed by atoms with Gasteiger partial charge in [0, 0.05) is 5.70 Å². The molecule has 1 heterocycles. The fourth-order valence-corrected chi connectivity index (χ4v) is 6.82. The highest BCUT2D eigenvalue weighted by molar-refractivity contribution is 8.14. The molecule has 0 aromatic heterocycles. The molecule has 0 aliphatic carbocycles. The first kappa shape index (κ1) is 40.1. The van der Waals surface area contributed by atoms with E-state index in [1.165, 1.54) is 11.0 Å². The highest BCUT2D eigenvalue weighted by Gasteiger charge is 2.35. The van der Waals surface area contributed by atoms with Crippen molar-refractivity contribution in [1.82, 2.24) is 10.2 Å². The van der Waals surface area contributed by atoms with E-state index in [2.05, 4.69) is 16.9 Å². The number of allylic oxidation sites excluding steroid dienone is 4. The lowest BCUT2D eigenvalue weighted by atomic mass is 9.99. The molecule has 276 valence electrons. The normalized spacial score (nSPS) is 14.1. The van der Waals surface area contributed by atoms with E-state index in [9.17, 15) is 14.4 Å². The van der Waals surface area contributed by atoms with Crippen LogP contribution in [-0.2, 0) is 21.0 Å². The molecule has 1 aliphatic heterocycles. The zero-order valence-corrected chi connectivity index (χ0v) is 32.5. The summed E-state index contributed by atoms with van der Waals surface area (Å²) >= 11 is 19.9. The Morgan fingerprint density at radius 2 is 1.61 bits per heavy atom. The van der Waals surface area contributed by atoms with E-state index < -0.39 is 17.9 Å². The lowest BCUT2D eigenvalue weighted by Gasteiger charge is -2.28. The van der Waals surface area contributed by atoms with Crippen LogP contribution in [0.15, 0.2) is 138 Å². The maximum atomic E-state index is 14.2. The molecule has 5 rings (SSSR count). The van der Waals surface area contributed by atoms with Gasteiger partial charge >= 0.3 is 0 Å². The fourth-order valence-electron chi connectivity index (χ4n) is 5.42. The molecular weight excluding hydrogens is 765 g/mol. The number of ether oxygens (including phenoxy) is 2. The molecule has 8 nitrogen and oxygen atoms in total. The molecule has 54 heavy (non-hydrogen) atoms. The number of amidine groups is 1. The van der Waals surface area contributed by atoms with Gasteiger partial charge in [-0.2, -0.15) is 4.99 Å². The molecule has 4 aromatic carbocycles. The lowest BCUT2D eigenvalue weighted by Crippen LogP contribution is -2.42. The van der Waals surface area contributed by atoms with Crippen LogP contribution in [0.1, 0.15) is 42.1 Å². The van der Waals surface area contributed by atoms with Crippen LogP contribution in [0.2, 0.25) is 15.1 Å². The number of nitrogens with zero attached hydrogens (tertiary/aromatic N) is 2. The van der Waals surface area contributed by atoms with Gasteiger partial charge in [-0.3, -0.25) is 19.3 Å². The molecule has 12 heteroatoms. The Morgan fingerprint density at radius 3 is 2.22 bits per heavy atom. The molecule has 4 aromatic rings. The topological polar surface area (TPSA) is 97.3 Å². The predicted octanol–water partition coefficient (Wildman–Crippen LogP) is 10.0. The Labute approximate surface area is 333 Å². The number of nitrogens with one attached hydrogen (secondary N) is 1. The average molecular weight is 801 g/mol.